The van der Waals surface area contributed by atoms with Crippen molar-refractivity contribution in [2.75, 3.05) is 6.54 Å². The molecule has 1 unspecified atom stereocenters. The van der Waals surface area contributed by atoms with E-state index < -0.39 is 18.2 Å². The van der Waals surface area contributed by atoms with Gasteiger partial charge in [0, 0.05) is 19.4 Å². The molecule has 10 nitrogen and oxygen atoms in total. The summed E-state index contributed by atoms with van der Waals surface area (Å²) in [6.07, 6.45) is 2.08. The van der Waals surface area contributed by atoms with E-state index in [1.54, 1.807) is 5.32 Å². The maximum Gasteiger partial charge on any atom is 0.398 e. The fraction of sp³-hybridized carbons (Fsp3) is 0.615. The number of carboxylic acids is 1. The van der Waals surface area contributed by atoms with E-state index in [1.165, 1.54) is 6.33 Å². The number of aromatic nitrogens is 4. The van der Waals surface area contributed by atoms with Gasteiger partial charge in [-0.2, -0.15) is 0 Å². The van der Waals surface area contributed by atoms with E-state index in [9.17, 15) is 18.8 Å². The van der Waals surface area contributed by atoms with Crippen LogP contribution in [0.15, 0.2) is 6.33 Å². The Hall–Kier alpha value is -2.72. The molecule has 3 N–H and O–H groups in total. The zero-order valence-electron chi connectivity index (χ0n) is 12.9. The second-order valence-corrected chi connectivity index (χ2v) is 4.97. The Balaban J connectivity index is 2.09. The third kappa shape index (κ3) is 8.66. The van der Waals surface area contributed by atoms with Gasteiger partial charge in [0.25, 0.3) is 0 Å². The molecule has 1 atom stereocenters. The summed E-state index contributed by atoms with van der Waals surface area (Å²) in [5.41, 5.74) is 0. The van der Waals surface area contributed by atoms with E-state index in [1.807, 2.05) is 0 Å². The molecule has 0 aliphatic carbocycles. The highest BCUT2D eigenvalue weighted by molar-refractivity contribution is 5.81. The fourth-order valence-corrected chi connectivity index (χ4v) is 1.90. The van der Waals surface area contributed by atoms with Gasteiger partial charge in [-0.25, -0.2) is 9.59 Å². The maximum absolute atomic E-state index is 12.1. The van der Waals surface area contributed by atoms with Crippen LogP contribution >= 0.6 is 0 Å². The topological polar surface area (TPSA) is 147 Å². The smallest absolute Gasteiger partial charge is 0.398 e. The van der Waals surface area contributed by atoms with Crippen LogP contribution in [0.4, 0.5) is 9.18 Å². The molecule has 11 heteroatoms. The zero-order valence-corrected chi connectivity index (χ0v) is 12.9. The van der Waals surface area contributed by atoms with E-state index in [-0.39, 0.29) is 18.7 Å². The van der Waals surface area contributed by atoms with Gasteiger partial charge in [-0.1, -0.05) is 6.42 Å². The predicted molar refractivity (Wildman–Crippen MR) is 78.5 cm³/mol. The number of halogens is 1. The monoisotopic (exact) mass is 342 g/mol. The third-order valence-electron chi connectivity index (χ3n) is 3.09. The number of amides is 2. The molecule has 0 saturated carbocycles. The summed E-state index contributed by atoms with van der Waals surface area (Å²) in [6.45, 7) is 0.443. The van der Waals surface area contributed by atoms with Gasteiger partial charge < -0.3 is 15.7 Å². The highest BCUT2D eigenvalue weighted by atomic mass is 19.1. The molecule has 2 amide bonds. The molecular formula is C13H19FN6O4. The summed E-state index contributed by atoms with van der Waals surface area (Å²) < 4.78 is 12.1. The molecule has 0 fully saturated rings. The lowest BCUT2D eigenvalue weighted by atomic mass is 10.1. The molecule has 0 aliphatic heterocycles. The van der Waals surface area contributed by atoms with Crippen LogP contribution in [0.2, 0.25) is 0 Å². The Kier molecular flexibility index (Phi) is 8.79. The number of unbranched alkanes of at least 4 members (excludes halogenated alkanes) is 2. The summed E-state index contributed by atoms with van der Waals surface area (Å²) in [6, 6.07) is -1.42. The lowest BCUT2D eigenvalue weighted by Gasteiger charge is -2.11. The van der Waals surface area contributed by atoms with Crippen molar-refractivity contribution in [3.63, 3.8) is 0 Å². The SMILES string of the molecule is O=C(F)NC(CCC(=O)NCCCCCc1nncnn1)C(=O)O. The maximum atomic E-state index is 12.1. The van der Waals surface area contributed by atoms with E-state index in [0.717, 1.165) is 19.3 Å². The average molecular weight is 342 g/mol. The summed E-state index contributed by atoms with van der Waals surface area (Å²) in [7, 11) is 0. The van der Waals surface area contributed by atoms with Crippen molar-refractivity contribution in [1.82, 2.24) is 31.0 Å². The normalized spacial score (nSPS) is 11.5. The van der Waals surface area contributed by atoms with Crippen LogP contribution in [0.1, 0.15) is 37.9 Å². The first-order valence-electron chi connectivity index (χ1n) is 7.43. The second-order valence-electron chi connectivity index (χ2n) is 4.97. The molecule has 1 aromatic heterocycles. The standard InChI is InChI=1S/C13H19FN6O4/c14-13(24)18-9(12(22)23)5-6-11(21)15-7-3-1-2-4-10-19-16-8-17-20-10/h8-9H,1-7H2,(H,15,21)(H,18,24)(H,22,23). The Bertz CT molecular complexity index is 545. The van der Waals surface area contributed by atoms with E-state index in [2.05, 4.69) is 25.7 Å². The van der Waals surface area contributed by atoms with Crippen molar-refractivity contribution < 1.29 is 23.9 Å². The Morgan fingerprint density at radius 3 is 2.50 bits per heavy atom. The number of hydrogen-bond donors (Lipinski definition) is 3. The number of carbonyl (C=O) groups is 3. The zero-order chi connectivity index (χ0) is 17.8. The number of nitrogens with one attached hydrogen (secondary N) is 2. The first-order valence-corrected chi connectivity index (χ1v) is 7.43. The summed E-state index contributed by atoms with van der Waals surface area (Å²) in [5, 5.41) is 27.9. The molecule has 0 radical (unpaired) electrons. The molecule has 1 heterocycles. The quantitative estimate of drug-likeness (QED) is 0.289. The van der Waals surface area contributed by atoms with Crippen molar-refractivity contribution >= 4 is 18.0 Å². The van der Waals surface area contributed by atoms with Gasteiger partial charge >= 0.3 is 12.1 Å². The van der Waals surface area contributed by atoms with Gasteiger partial charge in [-0.05, 0) is 19.3 Å². The van der Waals surface area contributed by atoms with Crippen LogP contribution < -0.4 is 10.6 Å². The summed E-state index contributed by atoms with van der Waals surface area (Å²) >= 11 is 0. The number of rotatable bonds is 11. The second kappa shape index (κ2) is 10.9. The Morgan fingerprint density at radius 1 is 1.17 bits per heavy atom. The van der Waals surface area contributed by atoms with Crippen LogP contribution in [0.25, 0.3) is 0 Å². The average Bonchev–Trinajstić information content (AvgIpc) is 2.55. The van der Waals surface area contributed by atoms with Gasteiger partial charge in [-0.15, -0.1) is 24.8 Å². The fourth-order valence-electron chi connectivity index (χ4n) is 1.90. The van der Waals surface area contributed by atoms with Crippen LogP contribution in [0.3, 0.4) is 0 Å². The highest BCUT2D eigenvalue weighted by Crippen LogP contribution is 2.01. The number of carbonyl (C=O) groups excluding carboxylic acids is 2. The highest BCUT2D eigenvalue weighted by Gasteiger charge is 2.20. The number of hydrogen-bond acceptors (Lipinski definition) is 7. The molecule has 1 aromatic rings. The van der Waals surface area contributed by atoms with Crippen molar-refractivity contribution in [1.29, 1.82) is 0 Å². The van der Waals surface area contributed by atoms with E-state index in [0.29, 0.717) is 18.8 Å². The number of aryl methyl sites for hydroxylation is 1. The largest absolute Gasteiger partial charge is 0.480 e. The molecule has 0 bridgehead atoms. The molecule has 0 aliphatic rings. The lowest BCUT2D eigenvalue weighted by molar-refractivity contribution is -0.139. The van der Waals surface area contributed by atoms with E-state index in [4.69, 9.17) is 5.11 Å². The molecule has 0 aromatic carbocycles. The minimum atomic E-state index is -1.93. The van der Waals surface area contributed by atoms with E-state index >= 15 is 0 Å². The summed E-state index contributed by atoms with van der Waals surface area (Å²) in [4.78, 5) is 32.5. The lowest BCUT2D eigenvalue weighted by Crippen LogP contribution is -2.39. The minimum absolute atomic E-state index is 0.119. The number of nitrogens with zero attached hydrogens (tertiary/aromatic N) is 4. The van der Waals surface area contributed by atoms with Gasteiger partial charge in [-0.3, -0.25) is 4.79 Å². The van der Waals surface area contributed by atoms with Crippen molar-refractivity contribution in [3.8, 4) is 0 Å². The summed E-state index contributed by atoms with van der Waals surface area (Å²) in [5.74, 6) is -1.17. The molecule has 1 rings (SSSR count). The number of carboxylic acid groups (broad SMARTS) is 1. The molecule has 24 heavy (non-hydrogen) atoms. The van der Waals surface area contributed by atoms with Crippen LogP contribution in [0.5, 0.6) is 0 Å². The number of aliphatic carboxylic acids is 1. The van der Waals surface area contributed by atoms with Crippen LogP contribution in [0, 0.1) is 0 Å². The van der Waals surface area contributed by atoms with Gasteiger partial charge in [0.2, 0.25) is 5.91 Å². The Labute approximate surface area is 137 Å². The molecule has 0 spiro atoms. The molecular weight excluding hydrogens is 323 g/mol. The van der Waals surface area contributed by atoms with Crippen molar-refractivity contribution in [3.05, 3.63) is 12.2 Å². The Morgan fingerprint density at radius 2 is 1.88 bits per heavy atom. The van der Waals surface area contributed by atoms with Crippen molar-refractivity contribution in [2.45, 2.75) is 44.6 Å². The van der Waals surface area contributed by atoms with Gasteiger partial charge in [0.15, 0.2) is 12.2 Å². The first-order chi connectivity index (χ1) is 11.5. The van der Waals surface area contributed by atoms with Crippen LogP contribution in [-0.2, 0) is 16.0 Å². The minimum Gasteiger partial charge on any atom is -0.480 e. The third-order valence-corrected chi connectivity index (χ3v) is 3.09. The first kappa shape index (κ1) is 19.3. The van der Waals surface area contributed by atoms with Gasteiger partial charge in [0.1, 0.15) is 6.04 Å². The van der Waals surface area contributed by atoms with Gasteiger partial charge in [0.05, 0.1) is 0 Å². The predicted octanol–water partition coefficient (Wildman–Crippen LogP) is 0.00810. The molecule has 0 saturated heterocycles. The molecule has 132 valence electrons. The van der Waals surface area contributed by atoms with Crippen molar-refractivity contribution in [2.24, 2.45) is 0 Å². The van der Waals surface area contributed by atoms with Crippen LogP contribution in [-0.4, -0.2) is 56.1 Å².